The van der Waals surface area contributed by atoms with Crippen molar-refractivity contribution in [1.29, 1.82) is 0 Å². The zero-order chi connectivity index (χ0) is 15.8. The molecule has 8 heteroatoms. The quantitative estimate of drug-likeness (QED) is 0.923. The number of nitrogens with zero attached hydrogens (tertiary/aromatic N) is 3. The van der Waals surface area contributed by atoms with Crippen LogP contribution in [0.15, 0.2) is 22.9 Å². The average Bonchev–Trinajstić information content (AvgIpc) is 3.23. The summed E-state index contributed by atoms with van der Waals surface area (Å²) < 4.78 is 10.3. The molecule has 0 aliphatic carbocycles. The van der Waals surface area contributed by atoms with E-state index >= 15 is 0 Å². The Bertz CT molecular complexity index is 677. The van der Waals surface area contributed by atoms with Gasteiger partial charge >= 0.3 is 6.08 Å². The maximum atomic E-state index is 12.5. The summed E-state index contributed by atoms with van der Waals surface area (Å²) in [5.74, 6) is 0.550. The predicted octanol–water partition coefficient (Wildman–Crippen LogP) is 2.14. The summed E-state index contributed by atoms with van der Waals surface area (Å²) >= 11 is 1.27. The van der Waals surface area contributed by atoms with Crippen LogP contribution in [0, 0.1) is 5.92 Å². The van der Waals surface area contributed by atoms with E-state index in [4.69, 9.17) is 9.15 Å². The van der Waals surface area contributed by atoms with Crippen LogP contribution >= 0.6 is 11.3 Å². The number of fused-ring (bicyclic) bond motifs is 3. The first-order chi connectivity index (χ1) is 11.2. The van der Waals surface area contributed by atoms with Gasteiger partial charge in [-0.05, 0) is 50.9 Å². The summed E-state index contributed by atoms with van der Waals surface area (Å²) in [6.07, 6.45) is 3.62. The SMILES string of the molecule is C[C@H]1[C@H](NC(=O)c2ccc(Oc3nnco3)s2)C2CCN1CC2. The number of aromatic nitrogens is 2. The second-order valence-electron chi connectivity index (χ2n) is 6.04. The standard InChI is InChI=1S/C15H18N4O3S/c1-9-13(10-4-6-19(9)7-5-10)17-14(20)11-2-3-12(23-11)22-15-18-16-8-21-15/h2-3,8-10,13H,4-7H2,1H3,(H,17,20)/t9-,13-/m0/s1. The van der Waals surface area contributed by atoms with Crippen LogP contribution in [-0.2, 0) is 0 Å². The van der Waals surface area contributed by atoms with E-state index in [2.05, 4.69) is 27.3 Å². The van der Waals surface area contributed by atoms with Gasteiger partial charge in [0.05, 0.1) is 4.88 Å². The van der Waals surface area contributed by atoms with Crippen molar-refractivity contribution in [1.82, 2.24) is 20.4 Å². The van der Waals surface area contributed by atoms with Crippen molar-refractivity contribution >= 4 is 17.2 Å². The van der Waals surface area contributed by atoms with Crippen LogP contribution in [0.25, 0.3) is 0 Å². The lowest BCUT2D eigenvalue weighted by Crippen LogP contribution is -2.62. The van der Waals surface area contributed by atoms with Crippen molar-refractivity contribution in [2.45, 2.75) is 31.8 Å². The summed E-state index contributed by atoms with van der Waals surface area (Å²) in [5, 5.41) is 11.0. The van der Waals surface area contributed by atoms with E-state index in [1.54, 1.807) is 12.1 Å². The van der Waals surface area contributed by atoms with E-state index < -0.39 is 0 Å². The molecule has 2 bridgehead atoms. The van der Waals surface area contributed by atoms with Gasteiger partial charge in [0.15, 0.2) is 5.06 Å². The van der Waals surface area contributed by atoms with Crippen molar-refractivity contribution in [2.75, 3.05) is 13.1 Å². The van der Waals surface area contributed by atoms with Crippen molar-refractivity contribution in [3.8, 4) is 11.1 Å². The van der Waals surface area contributed by atoms with Gasteiger partial charge in [-0.3, -0.25) is 9.69 Å². The summed E-state index contributed by atoms with van der Waals surface area (Å²) in [4.78, 5) is 15.6. The van der Waals surface area contributed by atoms with Gasteiger partial charge < -0.3 is 14.5 Å². The molecule has 23 heavy (non-hydrogen) atoms. The van der Waals surface area contributed by atoms with E-state index in [0.717, 1.165) is 13.1 Å². The molecule has 0 radical (unpaired) electrons. The Morgan fingerprint density at radius 3 is 2.96 bits per heavy atom. The molecule has 2 aromatic heterocycles. The predicted molar refractivity (Wildman–Crippen MR) is 83.7 cm³/mol. The summed E-state index contributed by atoms with van der Waals surface area (Å²) in [6.45, 7) is 4.51. The normalized spacial score (nSPS) is 29.4. The maximum Gasteiger partial charge on any atom is 0.420 e. The zero-order valence-corrected chi connectivity index (χ0v) is 13.6. The lowest BCUT2D eigenvalue weighted by molar-refractivity contribution is 0.0218. The van der Waals surface area contributed by atoms with E-state index in [0.29, 0.717) is 21.9 Å². The highest BCUT2D eigenvalue weighted by molar-refractivity contribution is 7.15. The van der Waals surface area contributed by atoms with Gasteiger partial charge in [-0.1, -0.05) is 16.4 Å². The molecular weight excluding hydrogens is 316 g/mol. The Morgan fingerprint density at radius 1 is 1.43 bits per heavy atom. The van der Waals surface area contributed by atoms with Crippen LogP contribution in [0.5, 0.6) is 11.1 Å². The number of carbonyl (C=O) groups is 1. The van der Waals surface area contributed by atoms with Crippen molar-refractivity contribution < 1.29 is 13.9 Å². The number of thiophene rings is 1. The lowest BCUT2D eigenvalue weighted by Gasteiger charge is -2.49. The largest absolute Gasteiger partial charge is 0.420 e. The minimum atomic E-state index is -0.0408. The molecule has 1 amide bonds. The minimum absolute atomic E-state index is 0.0408. The lowest BCUT2D eigenvalue weighted by atomic mass is 9.79. The first-order valence-corrected chi connectivity index (χ1v) is 8.61. The van der Waals surface area contributed by atoms with Gasteiger partial charge in [-0.15, -0.1) is 5.10 Å². The molecule has 0 unspecified atom stereocenters. The van der Waals surface area contributed by atoms with Gasteiger partial charge in [0.1, 0.15) is 0 Å². The van der Waals surface area contributed by atoms with Crippen LogP contribution < -0.4 is 10.1 Å². The molecular formula is C15H18N4O3S. The maximum absolute atomic E-state index is 12.5. The fraction of sp³-hybridized carbons (Fsp3) is 0.533. The number of hydrogen-bond acceptors (Lipinski definition) is 7. The molecule has 3 aliphatic heterocycles. The Kier molecular flexibility index (Phi) is 3.78. The van der Waals surface area contributed by atoms with Crippen LogP contribution in [0.3, 0.4) is 0 Å². The van der Waals surface area contributed by atoms with Crippen LogP contribution in [0.4, 0.5) is 0 Å². The molecule has 2 atom stereocenters. The number of nitrogens with one attached hydrogen (secondary N) is 1. The molecule has 7 nitrogen and oxygen atoms in total. The van der Waals surface area contributed by atoms with Crippen molar-refractivity contribution in [3.63, 3.8) is 0 Å². The Hall–Kier alpha value is -1.93. The average molecular weight is 334 g/mol. The Balaban J connectivity index is 1.42. The molecule has 1 N–H and O–H groups in total. The molecule has 0 aromatic carbocycles. The summed E-state index contributed by atoms with van der Waals surface area (Å²) in [6, 6.07) is 4.13. The fourth-order valence-corrected chi connectivity index (χ4v) is 4.31. The molecule has 5 rings (SSSR count). The number of rotatable bonds is 4. The molecule has 122 valence electrons. The fourth-order valence-electron chi connectivity index (χ4n) is 3.56. The van der Waals surface area contributed by atoms with Gasteiger partial charge in [0, 0.05) is 12.1 Å². The topological polar surface area (TPSA) is 80.5 Å². The third kappa shape index (κ3) is 2.84. The molecule has 3 saturated heterocycles. The number of piperidine rings is 3. The van der Waals surface area contributed by atoms with Gasteiger partial charge in [0.2, 0.25) is 6.39 Å². The number of ether oxygens (including phenoxy) is 1. The first kappa shape index (κ1) is 14.6. The molecule has 3 fully saturated rings. The highest BCUT2D eigenvalue weighted by Crippen LogP contribution is 2.33. The molecule has 3 aliphatic rings. The van der Waals surface area contributed by atoms with E-state index in [1.165, 1.54) is 30.6 Å². The third-order valence-corrected chi connectivity index (χ3v) is 5.77. The molecule has 0 saturated carbocycles. The highest BCUT2D eigenvalue weighted by Gasteiger charge is 2.40. The zero-order valence-electron chi connectivity index (χ0n) is 12.8. The van der Waals surface area contributed by atoms with E-state index in [1.807, 2.05) is 0 Å². The number of hydrogen-bond donors (Lipinski definition) is 1. The van der Waals surface area contributed by atoms with Gasteiger partial charge in [0.25, 0.3) is 5.91 Å². The monoisotopic (exact) mass is 334 g/mol. The smallest absolute Gasteiger partial charge is 0.399 e. The summed E-state index contributed by atoms with van der Waals surface area (Å²) in [5.41, 5.74) is 0. The van der Waals surface area contributed by atoms with Crippen molar-refractivity contribution in [3.05, 3.63) is 23.4 Å². The van der Waals surface area contributed by atoms with E-state index in [-0.39, 0.29) is 18.0 Å². The van der Waals surface area contributed by atoms with E-state index in [9.17, 15) is 4.79 Å². The first-order valence-electron chi connectivity index (χ1n) is 7.79. The molecule has 0 spiro atoms. The summed E-state index contributed by atoms with van der Waals surface area (Å²) in [7, 11) is 0. The minimum Gasteiger partial charge on any atom is -0.399 e. The van der Waals surface area contributed by atoms with Crippen molar-refractivity contribution in [2.24, 2.45) is 5.92 Å². The highest BCUT2D eigenvalue weighted by atomic mass is 32.1. The second kappa shape index (κ2) is 5.93. The van der Waals surface area contributed by atoms with Crippen LogP contribution in [0.2, 0.25) is 0 Å². The van der Waals surface area contributed by atoms with Crippen LogP contribution in [-0.4, -0.2) is 46.2 Å². The Labute approximate surface area is 137 Å². The number of amides is 1. The number of carbonyl (C=O) groups excluding carboxylic acids is 1. The van der Waals surface area contributed by atoms with Gasteiger partial charge in [-0.2, -0.15) is 0 Å². The molecule has 5 heterocycles. The van der Waals surface area contributed by atoms with Crippen LogP contribution in [0.1, 0.15) is 29.4 Å². The van der Waals surface area contributed by atoms with Gasteiger partial charge in [-0.25, -0.2) is 0 Å². The molecule has 2 aromatic rings. The Morgan fingerprint density at radius 2 is 2.26 bits per heavy atom. The second-order valence-corrected chi connectivity index (χ2v) is 7.08. The third-order valence-electron chi connectivity index (χ3n) is 4.81.